The van der Waals surface area contributed by atoms with Gasteiger partial charge in [0.15, 0.2) is 0 Å². The van der Waals surface area contributed by atoms with Crippen LogP contribution >= 0.6 is 0 Å². The number of amides is 1. The molecule has 0 aliphatic carbocycles. The van der Waals surface area contributed by atoms with Crippen LogP contribution in [-0.2, 0) is 23.2 Å². The number of carbonyl (C=O) groups excluding carboxylic acids is 1. The number of aromatic nitrogens is 2. The standard InChI is InChI=1S/C20H26N4O.C2HF3O2/c1-22-15-18(17-6-4-3-5-7-17)20(19(22)25)8-10-24(11-9-20)14-16-12-21-23(2)13-16;3-2(4,5)1(6)7/h3-7,12-13,18H,8-11,14-15H2,1-2H3;(H,6,7). The first kappa shape index (κ1) is 23.8. The Morgan fingerprint density at radius 1 is 1.19 bits per heavy atom. The number of likely N-dealkylation sites (tertiary alicyclic amines) is 2. The molecule has 7 nitrogen and oxygen atoms in total. The molecule has 3 heterocycles. The Morgan fingerprint density at radius 3 is 2.28 bits per heavy atom. The van der Waals surface area contributed by atoms with E-state index in [0.717, 1.165) is 39.0 Å². The van der Waals surface area contributed by atoms with Crippen LogP contribution in [0.5, 0.6) is 0 Å². The van der Waals surface area contributed by atoms with Crippen LogP contribution < -0.4 is 0 Å². The third-order valence-electron chi connectivity index (χ3n) is 6.25. The molecule has 1 unspecified atom stereocenters. The molecule has 1 atom stereocenters. The smallest absolute Gasteiger partial charge is 0.475 e. The van der Waals surface area contributed by atoms with Crippen LogP contribution in [0.15, 0.2) is 42.7 Å². The normalized spacial score (nSPS) is 20.8. The van der Waals surface area contributed by atoms with E-state index >= 15 is 0 Å². The highest BCUT2D eigenvalue weighted by Gasteiger charge is 2.54. The van der Waals surface area contributed by atoms with Crippen molar-refractivity contribution in [2.75, 3.05) is 26.7 Å². The number of benzene rings is 1. The molecule has 4 rings (SSSR count). The van der Waals surface area contributed by atoms with Crippen LogP contribution in [0.2, 0.25) is 0 Å². The van der Waals surface area contributed by atoms with Gasteiger partial charge >= 0.3 is 12.1 Å². The molecule has 2 saturated heterocycles. The molecule has 0 radical (unpaired) electrons. The minimum atomic E-state index is -5.08. The molecule has 0 saturated carbocycles. The molecule has 1 aromatic carbocycles. The summed E-state index contributed by atoms with van der Waals surface area (Å²) in [4.78, 5) is 26.3. The van der Waals surface area contributed by atoms with Gasteiger partial charge in [0.2, 0.25) is 5.91 Å². The van der Waals surface area contributed by atoms with E-state index in [1.165, 1.54) is 11.1 Å². The van der Waals surface area contributed by atoms with Gasteiger partial charge in [0.25, 0.3) is 0 Å². The predicted octanol–water partition coefficient (Wildman–Crippen LogP) is 2.89. The van der Waals surface area contributed by atoms with Crippen molar-refractivity contribution in [1.29, 1.82) is 0 Å². The molecule has 174 valence electrons. The molecule has 1 aromatic heterocycles. The number of halogens is 3. The summed E-state index contributed by atoms with van der Waals surface area (Å²) in [5.41, 5.74) is 2.33. The van der Waals surface area contributed by atoms with Crippen molar-refractivity contribution >= 4 is 11.9 Å². The van der Waals surface area contributed by atoms with Gasteiger partial charge in [-0.3, -0.25) is 14.4 Å². The highest BCUT2D eigenvalue weighted by molar-refractivity contribution is 5.86. The Hall–Kier alpha value is -2.88. The number of carboxylic acids is 1. The summed E-state index contributed by atoms with van der Waals surface area (Å²) in [6.45, 7) is 3.70. The number of carbonyl (C=O) groups is 2. The average molecular weight is 452 g/mol. The third kappa shape index (κ3) is 5.12. The fourth-order valence-corrected chi connectivity index (χ4v) is 4.65. The average Bonchev–Trinajstić information content (AvgIpc) is 3.26. The van der Waals surface area contributed by atoms with E-state index in [-0.39, 0.29) is 5.41 Å². The molecular formula is C22H27F3N4O3. The summed E-state index contributed by atoms with van der Waals surface area (Å²) in [7, 11) is 3.90. The van der Waals surface area contributed by atoms with E-state index in [1.807, 2.05) is 35.9 Å². The van der Waals surface area contributed by atoms with E-state index in [9.17, 15) is 18.0 Å². The van der Waals surface area contributed by atoms with Crippen molar-refractivity contribution in [2.45, 2.75) is 31.5 Å². The van der Waals surface area contributed by atoms with Gasteiger partial charge in [-0.2, -0.15) is 18.3 Å². The maximum Gasteiger partial charge on any atom is 0.490 e. The van der Waals surface area contributed by atoms with Crippen LogP contribution in [0, 0.1) is 5.41 Å². The number of aliphatic carboxylic acids is 1. The van der Waals surface area contributed by atoms with Crippen molar-refractivity contribution in [3.63, 3.8) is 0 Å². The molecule has 1 amide bonds. The predicted molar refractivity (Wildman–Crippen MR) is 111 cm³/mol. The first-order valence-electron chi connectivity index (χ1n) is 10.3. The molecular weight excluding hydrogens is 425 g/mol. The SMILES string of the molecule is CN1CC(c2ccccc2)C2(CCN(Cc3cnn(C)c3)CC2)C1=O.O=C(O)C(F)(F)F. The second kappa shape index (κ2) is 9.32. The van der Waals surface area contributed by atoms with Crippen molar-refractivity contribution in [2.24, 2.45) is 12.5 Å². The van der Waals surface area contributed by atoms with E-state index in [0.29, 0.717) is 11.8 Å². The molecule has 2 aliphatic heterocycles. The van der Waals surface area contributed by atoms with Crippen molar-refractivity contribution in [3.8, 4) is 0 Å². The minimum Gasteiger partial charge on any atom is -0.475 e. The number of alkyl halides is 3. The summed E-state index contributed by atoms with van der Waals surface area (Å²) in [6.07, 6.45) is 0.809. The van der Waals surface area contributed by atoms with Crippen LogP contribution in [-0.4, -0.2) is 69.4 Å². The van der Waals surface area contributed by atoms with Gasteiger partial charge in [-0.25, -0.2) is 4.79 Å². The van der Waals surface area contributed by atoms with Gasteiger partial charge in [0.1, 0.15) is 0 Å². The fraction of sp³-hybridized carbons (Fsp3) is 0.500. The number of hydrogen-bond acceptors (Lipinski definition) is 4. The van der Waals surface area contributed by atoms with Crippen LogP contribution in [0.25, 0.3) is 0 Å². The van der Waals surface area contributed by atoms with E-state index in [2.05, 4.69) is 40.5 Å². The van der Waals surface area contributed by atoms with Crippen molar-refractivity contribution in [3.05, 3.63) is 53.9 Å². The molecule has 0 bridgehead atoms. The number of carboxylic acid groups (broad SMARTS) is 1. The van der Waals surface area contributed by atoms with E-state index in [4.69, 9.17) is 9.90 Å². The summed E-state index contributed by atoms with van der Waals surface area (Å²) < 4.78 is 33.6. The van der Waals surface area contributed by atoms with Gasteiger partial charge in [0.05, 0.1) is 11.6 Å². The van der Waals surface area contributed by atoms with Gasteiger partial charge in [0, 0.05) is 44.9 Å². The van der Waals surface area contributed by atoms with Crippen molar-refractivity contribution in [1.82, 2.24) is 19.6 Å². The van der Waals surface area contributed by atoms with E-state index < -0.39 is 12.1 Å². The first-order chi connectivity index (χ1) is 15.0. The third-order valence-corrected chi connectivity index (χ3v) is 6.25. The summed E-state index contributed by atoms with van der Waals surface area (Å²) in [5.74, 6) is -2.11. The fourth-order valence-electron chi connectivity index (χ4n) is 4.65. The van der Waals surface area contributed by atoms with Crippen LogP contribution in [0.1, 0.15) is 29.9 Å². The zero-order valence-electron chi connectivity index (χ0n) is 18.0. The lowest BCUT2D eigenvalue weighted by atomic mass is 9.68. The Labute approximate surface area is 184 Å². The van der Waals surface area contributed by atoms with Gasteiger partial charge in [-0.15, -0.1) is 0 Å². The highest BCUT2D eigenvalue weighted by atomic mass is 19.4. The summed E-state index contributed by atoms with van der Waals surface area (Å²) >= 11 is 0. The quantitative estimate of drug-likeness (QED) is 0.775. The number of likely N-dealkylation sites (N-methyl/N-ethyl adjacent to an activating group) is 1. The monoisotopic (exact) mass is 452 g/mol. The molecule has 10 heteroatoms. The number of piperidine rings is 1. The molecule has 2 aliphatic rings. The van der Waals surface area contributed by atoms with Gasteiger partial charge in [-0.05, 0) is 31.5 Å². The molecule has 2 aromatic rings. The number of hydrogen-bond donors (Lipinski definition) is 1. The second-order valence-electron chi connectivity index (χ2n) is 8.41. The molecule has 1 spiro atoms. The number of aryl methyl sites for hydroxylation is 1. The van der Waals surface area contributed by atoms with Crippen LogP contribution in [0.3, 0.4) is 0 Å². The van der Waals surface area contributed by atoms with Gasteiger partial charge < -0.3 is 10.0 Å². The lowest BCUT2D eigenvalue weighted by Crippen LogP contribution is -2.45. The highest BCUT2D eigenvalue weighted by Crippen LogP contribution is 2.50. The Kier molecular flexibility index (Phi) is 6.92. The maximum absolute atomic E-state index is 13.0. The Balaban J connectivity index is 0.000000360. The zero-order valence-corrected chi connectivity index (χ0v) is 18.0. The molecule has 1 N–H and O–H groups in total. The Bertz CT molecular complexity index is 937. The van der Waals surface area contributed by atoms with Gasteiger partial charge in [-0.1, -0.05) is 30.3 Å². The summed E-state index contributed by atoms with van der Waals surface area (Å²) in [5, 5.41) is 11.4. The summed E-state index contributed by atoms with van der Waals surface area (Å²) in [6, 6.07) is 10.6. The minimum absolute atomic E-state index is 0.221. The molecule has 2 fully saturated rings. The van der Waals surface area contributed by atoms with Crippen molar-refractivity contribution < 1.29 is 27.9 Å². The number of rotatable bonds is 3. The largest absolute Gasteiger partial charge is 0.490 e. The Morgan fingerprint density at radius 2 is 1.78 bits per heavy atom. The topological polar surface area (TPSA) is 78.7 Å². The lowest BCUT2D eigenvalue weighted by molar-refractivity contribution is -0.192. The second-order valence-corrected chi connectivity index (χ2v) is 8.41. The molecule has 32 heavy (non-hydrogen) atoms. The zero-order chi connectivity index (χ0) is 23.5. The lowest BCUT2D eigenvalue weighted by Gasteiger charge is -2.41. The number of nitrogens with zero attached hydrogens (tertiary/aromatic N) is 4. The van der Waals surface area contributed by atoms with E-state index in [1.54, 1.807) is 0 Å². The first-order valence-corrected chi connectivity index (χ1v) is 10.3. The van der Waals surface area contributed by atoms with Crippen LogP contribution in [0.4, 0.5) is 13.2 Å². The maximum atomic E-state index is 13.0.